The first-order chi connectivity index (χ1) is 11.7. The Morgan fingerprint density at radius 1 is 0.917 bits per heavy atom. The van der Waals surface area contributed by atoms with E-state index in [1.807, 2.05) is 24.3 Å². The molecule has 4 nitrogen and oxygen atoms in total. The minimum absolute atomic E-state index is 0.181. The Labute approximate surface area is 141 Å². The van der Waals surface area contributed by atoms with Crippen molar-refractivity contribution in [3.05, 3.63) is 60.4 Å². The molecule has 0 saturated heterocycles. The average Bonchev–Trinajstić information content (AvgIpc) is 2.61. The van der Waals surface area contributed by atoms with E-state index >= 15 is 0 Å². The van der Waals surface area contributed by atoms with Crippen molar-refractivity contribution < 1.29 is 14.3 Å². The second-order valence-electron chi connectivity index (χ2n) is 5.92. The molecule has 124 valence electrons. The van der Waals surface area contributed by atoms with Crippen LogP contribution >= 0.6 is 0 Å². The maximum absolute atomic E-state index is 12.7. The van der Waals surface area contributed by atoms with E-state index in [4.69, 9.17) is 4.74 Å². The Bertz CT molecular complexity index is 731. The molecule has 2 amide bonds. The van der Waals surface area contributed by atoms with E-state index < -0.39 is 0 Å². The molecule has 0 bridgehead atoms. The first-order valence-electron chi connectivity index (χ1n) is 8.34. The summed E-state index contributed by atoms with van der Waals surface area (Å²) in [5, 5.41) is 1.72. The third-order valence-electron chi connectivity index (χ3n) is 4.37. The number of rotatable bonds is 8. The van der Waals surface area contributed by atoms with Crippen LogP contribution in [0.3, 0.4) is 0 Å². The van der Waals surface area contributed by atoms with E-state index in [-0.39, 0.29) is 11.8 Å². The predicted molar refractivity (Wildman–Crippen MR) is 93.9 cm³/mol. The van der Waals surface area contributed by atoms with Gasteiger partial charge in [0.1, 0.15) is 0 Å². The van der Waals surface area contributed by atoms with E-state index in [1.165, 1.54) is 11.2 Å². The SMILES string of the molecule is C=COCCCCCCN1C(=O)c2cccc3cccc(c23)C1=O. The van der Waals surface area contributed by atoms with Gasteiger partial charge in [0, 0.05) is 23.1 Å². The van der Waals surface area contributed by atoms with Crippen molar-refractivity contribution >= 4 is 22.6 Å². The zero-order valence-electron chi connectivity index (χ0n) is 13.7. The molecule has 24 heavy (non-hydrogen) atoms. The quantitative estimate of drug-likeness (QED) is 0.416. The summed E-state index contributed by atoms with van der Waals surface area (Å²) < 4.78 is 5.08. The van der Waals surface area contributed by atoms with Gasteiger partial charge in [-0.2, -0.15) is 0 Å². The Morgan fingerprint density at radius 2 is 1.54 bits per heavy atom. The highest BCUT2D eigenvalue weighted by Crippen LogP contribution is 2.30. The summed E-state index contributed by atoms with van der Waals surface area (Å²) in [7, 11) is 0. The van der Waals surface area contributed by atoms with E-state index in [9.17, 15) is 9.59 Å². The fraction of sp³-hybridized carbons (Fsp3) is 0.300. The molecule has 0 aromatic heterocycles. The highest BCUT2D eigenvalue weighted by Gasteiger charge is 2.31. The summed E-state index contributed by atoms with van der Waals surface area (Å²) in [5.74, 6) is -0.362. The van der Waals surface area contributed by atoms with E-state index in [0.717, 1.165) is 36.5 Å². The molecule has 0 fully saturated rings. The predicted octanol–water partition coefficient (Wildman–Crippen LogP) is 4.16. The molecule has 2 aromatic carbocycles. The van der Waals surface area contributed by atoms with Crippen LogP contribution in [-0.2, 0) is 4.74 Å². The molecule has 3 rings (SSSR count). The van der Waals surface area contributed by atoms with E-state index in [1.54, 1.807) is 12.1 Å². The van der Waals surface area contributed by atoms with Crippen molar-refractivity contribution in [2.75, 3.05) is 13.2 Å². The summed E-state index contributed by atoms with van der Waals surface area (Å²) >= 11 is 0. The third-order valence-corrected chi connectivity index (χ3v) is 4.37. The van der Waals surface area contributed by atoms with Crippen molar-refractivity contribution in [3.63, 3.8) is 0 Å². The Hall–Kier alpha value is -2.62. The smallest absolute Gasteiger partial charge is 0.261 e. The van der Waals surface area contributed by atoms with Crippen molar-refractivity contribution in [3.8, 4) is 0 Å². The zero-order valence-corrected chi connectivity index (χ0v) is 13.7. The van der Waals surface area contributed by atoms with Gasteiger partial charge in [-0.05, 0) is 30.4 Å². The molecular formula is C20H21NO3. The molecular weight excluding hydrogens is 302 g/mol. The number of ether oxygens (including phenoxy) is 1. The molecule has 0 radical (unpaired) electrons. The number of amides is 2. The molecule has 0 atom stereocenters. The van der Waals surface area contributed by atoms with Gasteiger partial charge in [-0.25, -0.2) is 0 Å². The number of hydrogen-bond donors (Lipinski definition) is 0. The van der Waals surface area contributed by atoms with Gasteiger partial charge < -0.3 is 4.74 Å². The van der Waals surface area contributed by atoms with Crippen LogP contribution in [0.2, 0.25) is 0 Å². The lowest BCUT2D eigenvalue weighted by molar-refractivity contribution is 0.0607. The fourth-order valence-electron chi connectivity index (χ4n) is 3.18. The number of nitrogens with zero attached hydrogens (tertiary/aromatic N) is 1. The number of hydrogen-bond acceptors (Lipinski definition) is 3. The van der Waals surface area contributed by atoms with Crippen molar-refractivity contribution in [1.82, 2.24) is 4.90 Å². The van der Waals surface area contributed by atoms with Crippen LogP contribution in [0.1, 0.15) is 46.4 Å². The first kappa shape index (κ1) is 16.2. The van der Waals surface area contributed by atoms with Crippen molar-refractivity contribution in [2.45, 2.75) is 25.7 Å². The molecule has 1 heterocycles. The van der Waals surface area contributed by atoms with Crippen LogP contribution in [-0.4, -0.2) is 29.9 Å². The molecule has 0 unspecified atom stereocenters. The second kappa shape index (κ2) is 7.30. The van der Waals surface area contributed by atoms with Crippen LogP contribution in [0.5, 0.6) is 0 Å². The van der Waals surface area contributed by atoms with Crippen LogP contribution in [0.25, 0.3) is 10.8 Å². The van der Waals surface area contributed by atoms with Gasteiger partial charge in [0.15, 0.2) is 0 Å². The van der Waals surface area contributed by atoms with Gasteiger partial charge in [-0.3, -0.25) is 14.5 Å². The second-order valence-corrected chi connectivity index (χ2v) is 5.92. The van der Waals surface area contributed by atoms with Crippen molar-refractivity contribution in [2.24, 2.45) is 0 Å². The number of carbonyl (C=O) groups is 2. The molecule has 0 spiro atoms. The van der Waals surface area contributed by atoms with Gasteiger partial charge in [-0.1, -0.05) is 43.7 Å². The summed E-state index contributed by atoms with van der Waals surface area (Å²) in [6.45, 7) is 4.63. The normalized spacial score (nSPS) is 13.4. The lowest BCUT2D eigenvalue weighted by Crippen LogP contribution is -2.40. The van der Waals surface area contributed by atoms with Crippen molar-refractivity contribution in [1.29, 1.82) is 0 Å². The Morgan fingerprint density at radius 3 is 2.17 bits per heavy atom. The number of unbranched alkanes of at least 4 members (excludes halogenated alkanes) is 3. The zero-order chi connectivity index (χ0) is 16.9. The molecule has 0 saturated carbocycles. The minimum Gasteiger partial charge on any atom is -0.502 e. The van der Waals surface area contributed by atoms with Gasteiger partial charge >= 0.3 is 0 Å². The van der Waals surface area contributed by atoms with E-state index in [0.29, 0.717) is 24.3 Å². The number of carbonyl (C=O) groups excluding carboxylic acids is 2. The maximum Gasteiger partial charge on any atom is 0.261 e. The van der Waals surface area contributed by atoms with Crippen LogP contribution in [0.4, 0.5) is 0 Å². The Balaban J connectivity index is 1.68. The monoisotopic (exact) mass is 323 g/mol. The standard InChI is InChI=1S/C20H21NO3/c1-2-24-14-6-4-3-5-13-21-19(22)16-11-7-9-15-10-8-12-17(18(15)16)20(21)23/h2,7-12H,1,3-6,13-14H2. The van der Waals surface area contributed by atoms with Crippen LogP contribution < -0.4 is 0 Å². The van der Waals surface area contributed by atoms with Crippen LogP contribution in [0, 0.1) is 0 Å². The maximum atomic E-state index is 12.7. The molecule has 1 aliphatic heterocycles. The first-order valence-corrected chi connectivity index (χ1v) is 8.34. The highest BCUT2D eigenvalue weighted by molar-refractivity contribution is 6.25. The minimum atomic E-state index is -0.181. The molecule has 1 aliphatic rings. The summed E-state index contributed by atoms with van der Waals surface area (Å²) in [4.78, 5) is 26.8. The lowest BCUT2D eigenvalue weighted by Gasteiger charge is -2.27. The number of benzene rings is 2. The third kappa shape index (κ3) is 3.04. The fourth-order valence-corrected chi connectivity index (χ4v) is 3.18. The van der Waals surface area contributed by atoms with Gasteiger partial charge in [0.2, 0.25) is 0 Å². The van der Waals surface area contributed by atoms with Gasteiger partial charge in [0.25, 0.3) is 11.8 Å². The van der Waals surface area contributed by atoms with Gasteiger partial charge in [0.05, 0.1) is 12.9 Å². The van der Waals surface area contributed by atoms with Crippen LogP contribution in [0.15, 0.2) is 49.2 Å². The summed E-state index contributed by atoms with van der Waals surface area (Å²) in [5.41, 5.74) is 1.25. The van der Waals surface area contributed by atoms with Gasteiger partial charge in [-0.15, -0.1) is 0 Å². The molecule has 0 aliphatic carbocycles. The summed E-state index contributed by atoms with van der Waals surface area (Å²) in [6, 6.07) is 11.2. The summed E-state index contributed by atoms with van der Waals surface area (Å²) in [6.07, 6.45) is 5.18. The van der Waals surface area contributed by atoms with E-state index in [2.05, 4.69) is 6.58 Å². The molecule has 2 aromatic rings. The number of imide groups is 1. The lowest BCUT2D eigenvalue weighted by atomic mass is 9.94. The highest BCUT2D eigenvalue weighted by atomic mass is 16.5. The topological polar surface area (TPSA) is 46.6 Å². The largest absolute Gasteiger partial charge is 0.502 e. The Kier molecular flexibility index (Phi) is 4.94. The molecule has 4 heteroatoms. The average molecular weight is 323 g/mol. The molecule has 0 N–H and O–H groups in total.